The third-order valence-corrected chi connectivity index (χ3v) is 3.20. The molecule has 0 saturated heterocycles. The molecule has 6 heteroatoms. The van der Waals surface area contributed by atoms with E-state index >= 15 is 0 Å². The number of benzene rings is 1. The zero-order valence-electron chi connectivity index (χ0n) is 11.2. The van der Waals surface area contributed by atoms with Crippen molar-refractivity contribution in [2.75, 3.05) is 0 Å². The molecule has 0 unspecified atom stereocenters. The third kappa shape index (κ3) is 2.37. The first-order valence-electron chi connectivity index (χ1n) is 6.37. The van der Waals surface area contributed by atoms with Crippen molar-refractivity contribution in [2.45, 2.75) is 0 Å². The lowest BCUT2D eigenvalue weighted by Gasteiger charge is -2.08. The van der Waals surface area contributed by atoms with Crippen LogP contribution in [0.15, 0.2) is 48.7 Å². The van der Waals surface area contributed by atoms with Gasteiger partial charge in [-0.25, -0.2) is 9.78 Å². The molecule has 108 valence electrons. The van der Waals surface area contributed by atoms with Gasteiger partial charge in [0.2, 0.25) is 0 Å². The minimum Gasteiger partial charge on any atom is -0.545 e. The highest BCUT2D eigenvalue weighted by molar-refractivity contribution is 6.03. The number of nitrogens with zero attached hydrogens (tertiary/aromatic N) is 2. The summed E-state index contributed by atoms with van der Waals surface area (Å²) in [5.74, 6) is -2.42. The molecule has 0 bridgehead atoms. The van der Waals surface area contributed by atoms with Gasteiger partial charge in [-0.3, -0.25) is 4.98 Å². The molecule has 0 aliphatic heterocycles. The topological polar surface area (TPSA) is 103 Å². The molecule has 3 aromatic rings. The van der Waals surface area contributed by atoms with Crippen LogP contribution >= 0.6 is 0 Å². The van der Waals surface area contributed by atoms with Crippen LogP contribution in [0.2, 0.25) is 0 Å². The Morgan fingerprint density at radius 3 is 2.55 bits per heavy atom. The monoisotopic (exact) mass is 293 g/mol. The van der Waals surface area contributed by atoms with E-state index in [2.05, 4.69) is 9.97 Å². The number of pyridine rings is 2. The molecule has 0 aliphatic carbocycles. The SMILES string of the molecule is O=C([O-])c1ccnc(-c2cc(C(=O)O)c3ccccc3n2)c1. The Morgan fingerprint density at radius 2 is 1.82 bits per heavy atom. The molecule has 0 spiro atoms. The summed E-state index contributed by atoms with van der Waals surface area (Å²) in [6.07, 6.45) is 1.32. The van der Waals surface area contributed by atoms with Gasteiger partial charge in [-0.05, 0) is 24.3 Å². The van der Waals surface area contributed by atoms with Gasteiger partial charge in [-0.15, -0.1) is 0 Å². The van der Waals surface area contributed by atoms with Gasteiger partial charge in [0.1, 0.15) is 0 Å². The molecule has 1 N–H and O–H groups in total. The Morgan fingerprint density at radius 1 is 1.05 bits per heavy atom. The van der Waals surface area contributed by atoms with Gasteiger partial charge in [0.25, 0.3) is 0 Å². The molecular formula is C16H9N2O4-. The van der Waals surface area contributed by atoms with Gasteiger partial charge in [-0.1, -0.05) is 18.2 Å². The zero-order valence-corrected chi connectivity index (χ0v) is 11.2. The smallest absolute Gasteiger partial charge is 0.336 e. The molecule has 0 atom stereocenters. The number of carboxylic acids is 2. The Kier molecular flexibility index (Phi) is 3.27. The molecule has 6 nitrogen and oxygen atoms in total. The maximum absolute atomic E-state index is 11.4. The summed E-state index contributed by atoms with van der Waals surface area (Å²) in [7, 11) is 0. The van der Waals surface area contributed by atoms with Crippen molar-refractivity contribution in [2.24, 2.45) is 0 Å². The van der Waals surface area contributed by atoms with Gasteiger partial charge in [0, 0.05) is 17.1 Å². The van der Waals surface area contributed by atoms with E-state index in [0.717, 1.165) is 0 Å². The van der Waals surface area contributed by atoms with E-state index in [4.69, 9.17) is 0 Å². The average Bonchev–Trinajstić information content (AvgIpc) is 2.53. The van der Waals surface area contributed by atoms with Crippen LogP contribution in [0.3, 0.4) is 0 Å². The van der Waals surface area contributed by atoms with Gasteiger partial charge in [0.05, 0.1) is 28.4 Å². The van der Waals surface area contributed by atoms with Crippen molar-refractivity contribution in [1.29, 1.82) is 0 Å². The van der Waals surface area contributed by atoms with Crippen LogP contribution in [0.5, 0.6) is 0 Å². The Labute approximate surface area is 124 Å². The van der Waals surface area contributed by atoms with E-state index in [1.807, 2.05) is 0 Å². The predicted molar refractivity (Wildman–Crippen MR) is 76.3 cm³/mol. The van der Waals surface area contributed by atoms with E-state index in [1.165, 1.54) is 24.4 Å². The summed E-state index contributed by atoms with van der Waals surface area (Å²) in [6, 6.07) is 10.8. The van der Waals surface area contributed by atoms with Crippen LogP contribution in [0.4, 0.5) is 0 Å². The van der Waals surface area contributed by atoms with E-state index in [0.29, 0.717) is 16.6 Å². The summed E-state index contributed by atoms with van der Waals surface area (Å²) in [4.78, 5) is 30.7. The molecule has 2 aromatic heterocycles. The van der Waals surface area contributed by atoms with E-state index in [-0.39, 0.29) is 16.8 Å². The summed E-state index contributed by atoms with van der Waals surface area (Å²) in [5, 5.41) is 20.8. The minimum absolute atomic E-state index is 0.0446. The number of carbonyl (C=O) groups is 2. The normalized spacial score (nSPS) is 10.5. The fourth-order valence-electron chi connectivity index (χ4n) is 2.18. The number of para-hydroxylation sites is 1. The Bertz CT molecular complexity index is 906. The second-order valence-corrected chi connectivity index (χ2v) is 4.59. The van der Waals surface area contributed by atoms with Crippen molar-refractivity contribution >= 4 is 22.8 Å². The second-order valence-electron chi connectivity index (χ2n) is 4.59. The number of aromatic nitrogens is 2. The molecule has 0 fully saturated rings. The number of aromatic carboxylic acids is 2. The quantitative estimate of drug-likeness (QED) is 0.782. The largest absolute Gasteiger partial charge is 0.545 e. The number of hydrogen-bond acceptors (Lipinski definition) is 5. The standard InChI is InChI=1S/C16H10N2O4/c19-15(20)9-5-6-17-13(7-9)14-8-11(16(21)22)10-3-1-2-4-12(10)18-14/h1-8H,(H,19,20)(H,21,22)/p-1. The number of carboxylic acid groups (broad SMARTS) is 2. The summed E-state index contributed by atoms with van der Waals surface area (Å²) in [5.41, 5.74) is 1.10. The maximum Gasteiger partial charge on any atom is 0.336 e. The van der Waals surface area contributed by atoms with Crippen LogP contribution in [0.25, 0.3) is 22.3 Å². The molecule has 0 saturated carbocycles. The molecule has 2 heterocycles. The van der Waals surface area contributed by atoms with Crippen molar-refractivity contribution in [3.05, 3.63) is 59.8 Å². The van der Waals surface area contributed by atoms with Crippen LogP contribution in [-0.4, -0.2) is 27.0 Å². The van der Waals surface area contributed by atoms with E-state index < -0.39 is 11.9 Å². The minimum atomic E-state index is -1.33. The number of fused-ring (bicyclic) bond motifs is 1. The lowest BCUT2D eigenvalue weighted by molar-refractivity contribution is -0.255. The molecule has 1 aromatic carbocycles. The summed E-state index contributed by atoms with van der Waals surface area (Å²) in [6.45, 7) is 0. The fraction of sp³-hybridized carbons (Fsp3) is 0. The number of rotatable bonds is 3. The first-order chi connectivity index (χ1) is 10.6. The molecule has 0 amide bonds. The highest BCUT2D eigenvalue weighted by Gasteiger charge is 2.13. The van der Waals surface area contributed by atoms with Gasteiger partial charge >= 0.3 is 5.97 Å². The second kappa shape index (κ2) is 5.25. The summed E-state index contributed by atoms with van der Waals surface area (Å²) >= 11 is 0. The maximum atomic E-state index is 11.4. The van der Waals surface area contributed by atoms with Gasteiger partial charge < -0.3 is 15.0 Å². The predicted octanol–water partition coefficient (Wildman–Crippen LogP) is 1.36. The van der Waals surface area contributed by atoms with E-state index in [1.54, 1.807) is 24.3 Å². The van der Waals surface area contributed by atoms with Gasteiger partial charge in [-0.2, -0.15) is 0 Å². The van der Waals surface area contributed by atoms with Crippen LogP contribution < -0.4 is 5.11 Å². The van der Waals surface area contributed by atoms with Crippen molar-refractivity contribution in [1.82, 2.24) is 9.97 Å². The molecule has 0 radical (unpaired) electrons. The molecule has 3 rings (SSSR count). The lowest BCUT2D eigenvalue weighted by Crippen LogP contribution is -2.22. The molecule has 0 aliphatic rings. The first-order valence-corrected chi connectivity index (χ1v) is 6.37. The van der Waals surface area contributed by atoms with Crippen LogP contribution in [0.1, 0.15) is 20.7 Å². The van der Waals surface area contributed by atoms with Crippen molar-refractivity contribution < 1.29 is 19.8 Å². The zero-order chi connectivity index (χ0) is 15.7. The number of carbonyl (C=O) groups excluding carboxylic acids is 1. The van der Waals surface area contributed by atoms with Crippen molar-refractivity contribution in [3.63, 3.8) is 0 Å². The summed E-state index contributed by atoms with van der Waals surface area (Å²) < 4.78 is 0. The van der Waals surface area contributed by atoms with Crippen LogP contribution in [0, 0.1) is 0 Å². The van der Waals surface area contributed by atoms with Crippen LogP contribution in [-0.2, 0) is 0 Å². The van der Waals surface area contributed by atoms with E-state index in [9.17, 15) is 19.8 Å². The molecule has 22 heavy (non-hydrogen) atoms. The lowest BCUT2D eigenvalue weighted by atomic mass is 10.1. The highest BCUT2D eigenvalue weighted by atomic mass is 16.4. The fourth-order valence-corrected chi connectivity index (χ4v) is 2.18. The Balaban J connectivity index is 2.25. The third-order valence-electron chi connectivity index (χ3n) is 3.20. The Hall–Kier alpha value is -3.28. The van der Waals surface area contributed by atoms with Gasteiger partial charge in [0.15, 0.2) is 0 Å². The number of hydrogen-bond donors (Lipinski definition) is 1. The van der Waals surface area contributed by atoms with Crippen molar-refractivity contribution in [3.8, 4) is 11.4 Å². The highest BCUT2D eigenvalue weighted by Crippen LogP contribution is 2.24. The first kappa shape index (κ1) is 13.7. The molecular weight excluding hydrogens is 284 g/mol. The average molecular weight is 293 g/mol.